The van der Waals surface area contributed by atoms with Crippen molar-refractivity contribution in [3.05, 3.63) is 78.1 Å². The van der Waals surface area contributed by atoms with E-state index in [9.17, 15) is 4.79 Å². The first kappa shape index (κ1) is 19.5. The summed E-state index contributed by atoms with van der Waals surface area (Å²) in [5.41, 5.74) is 3.62. The number of nitrogens with one attached hydrogen (secondary N) is 1. The highest BCUT2D eigenvalue weighted by Crippen LogP contribution is 2.42. The molecule has 3 heterocycles. The van der Waals surface area contributed by atoms with Gasteiger partial charge in [-0.15, -0.1) is 0 Å². The third-order valence-electron chi connectivity index (χ3n) is 5.92. The fraction of sp³-hybridized carbons (Fsp3) is 0.292. The lowest BCUT2D eigenvalue weighted by Crippen LogP contribution is -2.71. The number of rotatable bonds is 6. The van der Waals surface area contributed by atoms with Crippen LogP contribution in [0.15, 0.2) is 67.0 Å². The molecule has 31 heavy (non-hydrogen) atoms. The van der Waals surface area contributed by atoms with Gasteiger partial charge in [0.1, 0.15) is 12.4 Å². The molecule has 2 saturated heterocycles. The van der Waals surface area contributed by atoms with Crippen molar-refractivity contribution < 1.29 is 9.53 Å². The third-order valence-corrected chi connectivity index (χ3v) is 5.92. The second-order valence-electron chi connectivity index (χ2n) is 8.57. The standard InChI is InChI=1S/C24H25N5O2/c1-28-14-24(15-28)16-29(17-24)20-7-8-22(31-13-18-5-3-2-4-6-18)21(11-20)23(30)27-19-9-10-25-26-12-19/h2-12H,13-17H2,1H3,(H,25,27,30). The highest BCUT2D eigenvalue weighted by molar-refractivity contribution is 6.06. The number of nitrogens with zero attached hydrogens (tertiary/aromatic N) is 4. The average molecular weight is 415 g/mol. The van der Waals surface area contributed by atoms with Gasteiger partial charge in [-0.1, -0.05) is 30.3 Å². The maximum Gasteiger partial charge on any atom is 0.259 e. The minimum absolute atomic E-state index is 0.225. The van der Waals surface area contributed by atoms with Crippen LogP contribution >= 0.6 is 0 Å². The molecular formula is C24H25N5O2. The number of aromatic nitrogens is 2. The molecule has 1 N–H and O–H groups in total. The first-order valence-corrected chi connectivity index (χ1v) is 10.4. The van der Waals surface area contributed by atoms with Crippen molar-refractivity contribution >= 4 is 17.3 Å². The largest absolute Gasteiger partial charge is 0.488 e. The highest BCUT2D eigenvalue weighted by Gasteiger charge is 2.50. The van der Waals surface area contributed by atoms with E-state index >= 15 is 0 Å². The predicted molar refractivity (Wildman–Crippen MR) is 119 cm³/mol. The molecule has 2 aliphatic rings. The van der Waals surface area contributed by atoms with Crippen LogP contribution in [0.25, 0.3) is 0 Å². The van der Waals surface area contributed by atoms with Crippen molar-refractivity contribution in [3.63, 3.8) is 0 Å². The molecule has 7 nitrogen and oxygen atoms in total. The zero-order chi connectivity index (χ0) is 21.3. The number of anilines is 2. The predicted octanol–water partition coefficient (Wildman–Crippen LogP) is 3.06. The number of ether oxygens (including phenoxy) is 1. The average Bonchev–Trinajstić information content (AvgIpc) is 2.75. The van der Waals surface area contributed by atoms with Crippen LogP contribution in [0.3, 0.4) is 0 Å². The Hall–Kier alpha value is -3.45. The van der Waals surface area contributed by atoms with Gasteiger partial charge in [-0.25, -0.2) is 0 Å². The lowest BCUT2D eigenvalue weighted by molar-refractivity contribution is -0.00239. The fourth-order valence-electron chi connectivity index (χ4n) is 4.56. The van der Waals surface area contributed by atoms with Crippen molar-refractivity contribution in [2.75, 3.05) is 43.4 Å². The molecule has 7 heteroatoms. The first-order valence-electron chi connectivity index (χ1n) is 10.4. The van der Waals surface area contributed by atoms with Gasteiger partial charge in [-0.3, -0.25) is 4.79 Å². The van der Waals surface area contributed by atoms with Crippen LogP contribution in [0.1, 0.15) is 15.9 Å². The summed E-state index contributed by atoms with van der Waals surface area (Å²) in [4.78, 5) is 17.8. The van der Waals surface area contributed by atoms with Gasteiger partial charge in [0.15, 0.2) is 0 Å². The normalized spacial score (nSPS) is 17.0. The van der Waals surface area contributed by atoms with Gasteiger partial charge >= 0.3 is 0 Å². The minimum Gasteiger partial charge on any atom is -0.488 e. The van der Waals surface area contributed by atoms with Gasteiger partial charge in [0, 0.05) is 37.3 Å². The van der Waals surface area contributed by atoms with Crippen molar-refractivity contribution in [1.82, 2.24) is 15.1 Å². The molecule has 5 rings (SSSR count). The van der Waals surface area contributed by atoms with Crippen molar-refractivity contribution in [1.29, 1.82) is 0 Å². The Morgan fingerprint density at radius 3 is 2.58 bits per heavy atom. The van der Waals surface area contributed by atoms with E-state index in [0.717, 1.165) is 37.4 Å². The second kappa shape index (κ2) is 8.00. The van der Waals surface area contributed by atoms with Gasteiger partial charge < -0.3 is 19.9 Å². The Morgan fingerprint density at radius 1 is 1.06 bits per heavy atom. The first-order chi connectivity index (χ1) is 15.1. The molecule has 0 aliphatic carbocycles. The third kappa shape index (κ3) is 4.09. The van der Waals surface area contributed by atoms with E-state index in [1.807, 2.05) is 48.5 Å². The monoisotopic (exact) mass is 415 g/mol. The summed E-state index contributed by atoms with van der Waals surface area (Å²) >= 11 is 0. The summed E-state index contributed by atoms with van der Waals surface area (Å²) in [6, 6.07) is 17.5. The Kier molecular flexibility index (Phi) is 5.03. The van der Waals surface area contributed by atoms with Gasteiger partial charge in [-0.05, 0) is 36.9 Å². The minimum atomic E-state index is -0.225. The van der Waals surface area contributed by atoms with Crippen LogP contribution in [0.5, 0.6) is 5.75 Å². The number of likely N-dealkylation sites (tertiary alicyclic amines) is 1. The molecule has 0 bridgehead atoms. The van der Waals surface area contributed by atoms with Crippen LogP contribution in [-0.4, -0.2) is 54.2 Å². The number of hydrogen-bond acceptors (Lipinski definition) is 6. The van der Waals surface area contributed by atoms with Crippen LogP contribution in [-0.2, 0) is 6.61 Å². The molecule has 1 aromatic heterocycles. The lowest BCUT2D eigenvalue weighted by Gasteiger charge is -2.60. The molecule has 1 spiro atoms. The van der Waals surface area contributed by atoms with Crippen molar-refractivity contribution in [2.24, 2.45) is 5.41 Å². The van der Waals surface area contributed by atoms with E-state index in [1.165, 1.54) is 6.20 Å². The van der Waals surface area contributed by atoms with Crippen LogP contribution in [0.4, 0.5) is 11.4 Å². The van der Waals surface area contributed by atoms with Crippen molar-refractivity contribution in [2.45, 2.75) is 6.61 Å². The Bertz CT molecular complexity index is 1060. The zero-order valence-electron chi connectivity index (χ0n) is 17.5. The van der Waals surface area contributed by atoms with Crippen LogP contribution < -0.4 is 15.0 Å². The van der Waals surface area contributed by atoms with E-state index in [4.69, 9.17) is 4.74 Å². The summed E-state index contributed by atoms with van der Waals surface area (Å²) in [5, 5.41) is 10.5. The van der Waals surface area contributed by atoms with Gasteiger partial charge in [0.25, 0.3) is 5.91 Å². The Labute approximate surface area is 181 Å². The Morgan fingerprint density at radius 2 is 1.87 bits per heavy atom. The highest BCUT2D eigenvalue weighted by atomic mass is 16.5. The van der Waals surface area contributed by atoms with Gasteiger partial charge in [-0.2, -0.15) is 10.2 Å². The lowest BCUT2D eigenvalue weighted by atomic mass is 9.73. The topological polar surface area (TPSA) is 70.6 Å². The molecule has 3 aromatic rings. The summed E-state index contributed by atoms with van der Waals surface area (Å²) in [6.45, 7) is 4.73. The number of hydrogen-bond donors (Lipinski definition) is 1. The van der Waals surface area contributed by atoms with E-state index in [2.05, 4.69) is 32.4 Å². The SMILES string of the molecule is CN1CC2(C1)CN(c1ccc(OCc3ccccc3)c(C(=O)Nc3ccnnc3)c1)C2. The maximum atomic E-state index is 13.1. The van der Waals surface area contributed by atoms with E-state index in [0.29, 0.717) is 29.0 Å². The van der Waals surface area contributed by atoms with E-state index in [-0.39, 0.29) is 5.91 Å². The molecule has 2 aromatic carbocycles. The maximum absolute atomic E-state index is 13.1. The summed E-state index contributed by atoms with van der Waals surface area (Å²) in [7, 11) is 2.16. The summed E-state index contributed by atoms with van der Waals surface area (Å²) in [6.07, 6.45) is 3.08. The molecule has 2 fully saturated rings. The van der Waals surface area contributed by atoms with E-state index in [1.54, 1.807) is 12.3 Å². The fourth-order valence-corrected chi connectivity index (χ4v) is 4.56. The second-order valence-corrected chi connectivity index (χ2v) is 8.57. The Balaban J connectivity index is 1.36. The molecule has 2 aliphatic heterocycles. The van der Waals surface area contributed by atoms with Crippen LogP contribution in [0.2, 0.25) is 0 Å². The molecule has 0 atom stereocenters. The summed E-state index contributed by atoms with van der Waals surface area (Å²) in [5.74, 6) is 0.335. The van der Waals surface area contributed by atoms with Crippen molar-refractivity contribution in [3.8, 4) is 5.75 Å². The van der Waals surface area contributed by atoms with Gasteiger partial charge in [0.05, 0.1) is 23.6 Å². The molecular weight excluding hydrogens is 390 g/mol. The van der Waals surface area contributed by atoms with Gasteiger partial charge in [0.2, 0.25) is 0 Å². The zero-order valence-corrected chi connectivity index (χ0v) is 17.5. The molecule has 158 valence electrons. The molecule has 1 amide bonds. The molecule has 0 saturated carbocycles. The number of benzene rings is 2. The number of carbonyl (C=O) groups excluding carboxylic acids is 1. The smallest absolute Gasteiger partial charge is 0.259 e. The number of carbonyl (C=O) groups is 1. The molecule has 0 radical (unpaired) electrons. The quantitative estimate of drug-likeness (QED) is 0.667. The number of amides is 1. The van der Waals surface area contributed by atoms with Crippen LogP contribution in [0, 0.1) is 5.41 Å². The molecule has 0 unspecified atom stereocenters. The van der Waals surface area contributed by atoms with E-state index < -0.39 is 0 Å². The summed E-state index contributed by atoms with van der Waals surface area (Å²) < 4.78 is 6.04.